The quantitative estimate of drug-likeness (QED) is 0.899. The molecule has 1 heterocycles. The molecule has 0 amide bonds. The van der Waals surface area contributed by atoms with E-state index in [1.807, 2.05) is 30.3 Å². The van der Waals surface area contributed by atoms with Gasteiger partial charge in [-0.3, -0.25) is 0 Å². The number of benzene rings is 2. The van der Waals surface area contributed by atoms with Crippen LogP contribution in [0.3, 0.4) is 0 Å². The fourth-order valence-electron chi connectivity index (χ4n) is 3.02. The van der Waals surface area contributed by atoms with Crippen molar-refractivity contribution in [3.05, 3.63) is 59.2 Å². The molecule has 126 valence electrons. The van der Waals surface area contributed by atoms with E-state index in [9.17, 15) is 10.4 Å². The van der Waals surface area contributed by atoms with E-state index in [0.29, 0.717) is 17.7 Å². The SMILES string of the molecule is N#Cc1ccc(CNc2ccc(N3CCC(O)CC3)c(C#N)c2)cc1. The number of rotatable bonds is 4. The number of aliphatic hydroxyl groups is 1. The van der Waals surface area contributed by atoms with Crippen molar-refractivity contribution < 1.29 is 5.11 Å². The van der Waals surface area contributed by atoms with Crippen LogP contribution in [0, 0.1) is 22.7 Å². The van der Waals surface area contributed by atoms with Gasteiger partial charge >= 0.3 is 0 Å². The van der Waals surface area contributed by atoms with Gasteiger partial charge < -0.3 is 15.3 Å². The summed E-state index contributed by atoms with van der Waals surface area (Å²) in [5.74, 6) is 0. The molecule has 0 unspecified atom stereocenters. The predicted octanol–water partition coefficient (Wildman–Crippen LogP) is 3.00. The Kier molecular flexibility index (Phi) is 5.18. The van der Waals surface area contributed by atoms with Crippen molar-refractivity contribution in [1.29, 1.82) is 10.5 Å². The molecule has 25 heavy (non-hydrogen) atoms. The lowest BCUT2D eigenvalue weighted by Gasteiger charge is -2.32. The Bertz CT molecular complexity index is 809. The molecule has 0 spiro atoms. The van der Waals surface area contributed by atoms with Crippen LogP contribution < -0.4 is 10.2 Å². The Morgan fingerprint density at radius 1 is 1.04 bits per heavy atom. The first kappa shape index (κ1) is 16.8. The molecule has 5 nitrogen and oxygen atoms in total. The van der Waals surface area contributed by atoms with Crippen molar-refractivity contribution in [1.82, 2.24) is 0 Å². The highest BCUT2D eigenvalue weighted by Crippen LogP contribution is 2.27. The summed E-state index contributed by atoms with van der Waals surface area (Å²) in [6.45, 7) is 2.17. The summed E-state index contributed by atoms with van der Waals surface area (Å²) >= 11 is 0. The molecule has 5 heteroatoms. The molecule has 1 fully saturated rings. The molecular formula is C20H20N4O. The Balaban J connectivity index is 1.68. The average Bonchev–Trinajstić information content (AvgIpc) is 2.67. The van der Waals surface area contributed by atoms with Gasteiger partial charge in [-0.1, -0.05) is 12.1 Å². The smallest absolute Gasteiger partial charge is 0.101 e. The number of nitrogens with zero attached hydrogens (tertiary/aromatic N) is 3. The number of hydrogen-bond donors (Lipinski definition) is 2. The highest BCUT2D eigenvalue weighted by molar-refractivity contribution is 5.65. The molecule has 0 bridgehead atoms. The lowest BCUT2D eigenvalue weighted by Crippen LogP contribution is -2.36. The van der Waals surface area contributed by atoms with Crippen LogP contribution in [-0.4, -0.2) is 24.3 Å². The number of nitrogens with one attached hydrogen (secondary N) is 1. The van der Waals surface area contributed by atoms with E-state index in [-0.39, 0.29) is 6.10 Å². The van der Waals surface area contributed by atoms with Crippen LogP contribution >= 0.6 is 0 Å². The monoisotopic (exact) mass is 332 g/mol. The molecule has 0 aromatic heterocycles. The second kappa shape index (κ2) is 7.70. The second-order valence-electron chi connectivity index (χ2n) is 6.22. The number of nitriles is 2. The number of aliphatic hydroxyl groups excluding tert-OH is 1. The van der Waals surface area contributed by atoms with Gasteiger partial charge in [0, 0.05) is 25.3 Å². The highest BCUT2D eigenvalue weighted by Gasteiger charge is 2.19. The highest BCUT2D eigenvalue weighted by atomic mass is 16.3. The summed E-state index contributed by atoms with van der Waals surface area (Å²) in [7, 11) is 0. The van der Waals surface area contributed by atoms with Crippen LogP contribution in [0.5, 0.6) is 0 Å². The summed E-state index contributed by atoms with van der Waals surface area (Å²) in [6.07, 6.45) is 1.25. The van der Waals surface area contributed by atoms with Crippen LogP contribution in [0.4, 0.5) is 11.4 Å². The molecule has 1 saturated heterocycles. The van der Waals surface area contributed by atoms with Crippen molar-refractivity contribution in [2.75, 3.05) is 23.3 Å². The minimum Gasteiger partial charge on any atom is -0.393 e. The summed E-state index contributed by atoms with van der Waals surface area (Å²) in [4.78, 5) is 2.16. The van der Waals surface area contributed by atoms with Crippen LogP contribution in [0.25, 0.3) is 0 Å². The van der Waals surface area contributed by atoms with Crippen molar-refractivity contribution in [3.63, 3.8) is 0 Å². The maximum atomic E-state index is 9.64. The van der Waals surface area contributed by atoms with Crippen LogP contribution in [0.2, 0.25) is 0 Å². The summed E-state index contributed by atoms with van der Waals surface area (Å²) in [5, 5.41) is 31.3. The van der Waals surface area contributed by atoms with Gasteiger partial charge in [-0.15, -0.1) is 0 Å². The first-order valence-corrected chi connectivity index (χ1v) is 8.39. The van der Waals surface area contributed by atoms with Gasteiger partial charge in [0.1, 0.15) is 6.07 Å². The second-order valence-corrected chi connectivity index (χ2v) is 6.22. The molecule has 0 saturated carbocycles. The first-order valence-electron chi connectivity index (χ1n) is 8.39. The molecule has 1 aliphatic rings. The summed E-state index contributed by atoms with van der Waals surface area (Å²) in [6, 6.07) is 17.6. The zero-order valence-corrected chi connectivity index (χ0v) is 13.9. The lowest BCUT2D eigenvalue weighted by molar-refractivity contribution is 0.145. The van der Waals surface area contributed by atoms with Gasteiger partial charge in [0.2, 0.25) is 0 Å². The minimum absolute atomic E-state index is 0.227. The van der Waals surface area contributed by atoms with Crippen molar-refractivity contribution >= 4 is 11.4 Å². The van der Waals surface area contributed by atoms with Gasteiger partial charge in [-0.25, -0.2) is 0 Å². The van der Waals surface area contributed by atoms with E-state index in [2.05, 4.69) is 22.4 Å². The Hall–Kier alpha value is -3.02. The Labute approximate surface area is 147 Å². The molecule has 2 aromatic carbocycles. The van der Waals surface area contributed by atoms with Crippen molar-refractivity contribution in [2.45, 2.75) is 25.5 Å². The minimum atomic E-state index is -0.227. The van der Waals surface area contributed by atoms with Crippen LogP contribution in [0.1, 0.15) is 29.5 Å². The fourth-order valence-corrected chi connectivity index (χ4v) is 3.02. The van der Waals surface area contributed by atoms with Gasteiger partial charge in [-0.2, -0.15) is 10.5 Å². The lowest BCUT2D eigenvalue weighted by atomic mass is 10.0. The molecular weight excluding hydrogens is 312 g/mol. The van der Waals surface area contributed by atoms with Gasteiger partial charge in [0.25, 0.3) is 0 Å². The van der Waals surface area contributed by atoms with Crippen LogP contribution in [-0.2, 0) is 6.54 Å². The molecule has 0 atom stereocenters. The first-order chi connectivity index (χ1) is 12.2. The zero-order chi connectivity index (χ0) is 17.6. The molecule has 2 aromatic rings. The van der Waals surface area contributed by atoms with E-state index in [0.717, 1.165) is 42.9 Å². The third-order valence-corrected chi connectivity index (χ3v) is 4.50. The number of anilines is 2. The maximum Gasteiger partial charge on any atom is 0.101 e. The third-order valence-electron chi connectivity index (χ3n) is 4.50. The molecule has 0 aliphatic carbocycles. The van der Waals surface area contributed by atoms with Crippen molar-refractivity contribution in [2.24, 2.45) is 0 Å². The average molecular weight is 332 g/mol. The van der Waals surface area contributed by atoms with E-state index < -0.39 is 0 Å². The number of piperidine rings is 1. The maximum absolute atomic E-state index is 9.64. The largest absolute Gasteiger partial charge is 0.393 e. The number of hydrogen-bond acceptors (Lipinski definition) is 5. The van der Waals surface area contributed by atoms with Gasteiger partial charge in [-0.05, 0) is 48.7 Å². The van der Waals surface area contributed by atoms with Gasteiger partial charge in [0.15, 0.2) is 0 Å². The van der Waals surface area contributed by atoms with Gasteiger partial charge in [0.05, 0.1) is 29.0 Å². The normalized spacial score (nSPS) is 14.6. The predicted molar refractivity (Wildman–Crippen MR) is 97.1 cm³/mol. The Morgan fingerprint density at radius 3 is 2.40 bits per heavy atom. The summed E-state index contributed by atoms with van der Waals surface area (Å²) < 4.78 is 0. The molecule has 2 N–H and O–H groups in total. The van der Waals surface area contributed by atoms with E-state index in [4.69, 9.17) is 5.26 Å². The third kappa shape index (κ3) is 4.09. The fraction of sp³-hybridized carbons (Fsp3) is 0.300. The van der Waals surface area contributed by atoms with E-state index in [1.54, 1.807) is 12.1 Å². The Morgan fingerprint density at radius 2 is 1.76 bits per heavy atom. The zero-order valence-electron chi connectivity index (χ0n) is 13.9. The molecule has 1 aliphatic heterocycles. The van der Waals surface area contributed by atoms with E-state index >= 15 is 0 Å². The van der Waals surface area contributed by atoms with Crippen LogP contribution in [0.15, 0.2) is 42.5 Å². The van der Waals surface area contributed by atoms with Crippen molar-refractivity contribution in [3.8, 4) is 12.1 Å². The summed E-state index contributed by atoms with van der Waals surface area (Å²) in [5.41, 5.74) is 4.18. The van der Waals surface area contributed by atoms with E-state index in [1.165, 1.54) is 0 Å². The topological polar surface area (TPSA) is 83.1 Å². The standard InChI is InChI=1S/C20H20N4O/c21-12-15-1-3-16(4-2-15)14-23-18-5-6-20(17(11-18)13-22)24-9-7-19(25)8-10-24/h1-6,11,19,23,25H,7-10,14H2. The molecule has 0 radical (unpaired) electrons. The molecule has 3 rings (SSSR count).